The summed E-state index contributed by atoms with van der Waals surface area (Å²) in [6, 6.07) is 2.07. The molecule has 14 heavy (non-hydrogen) atoms. The van der Waals surface area contributed by atoms with E-state index < -0.39 is 0 Å². The van der Waals surface area contributed by atoms with E-state index in [9.17, 15) is 0 Å². The fraction of sp³-hybridized carbons (Fsp3) is 0.333. The third kappa shape index (κ3) is 2.46. The van der Waals surface area contributed by atoms with Crippen LogP contribution in [0.3, 0.4) is 0 Å². The molecule has 0 atom stereocenters. The second-order valence-corrected chi connectivity index (χ2v) is 3.22. The first-order chi connectivity index (χ1) is 6.79. The lowest BCUT2D eigenvalue weighted by Crippen LogP contribution is -1.98. The van der Waals surface area contributed by atoms with E-state index in [1.807, 2.05) is 0 Å². The summed E-state index contributed by atoms with van der Waals surface area (Å²) in [6.45, 7) is 2.06. The van der Waals surface area contributed by atoms with Gasteiger partial charge in [-0.3, -0.25) is 0 Å². The molecule has 0 amide bonds. The molecule has 0 aromatic carbocycles. The summed E-state index contributed by atoms with van der Waals surface area (Å²) < 4.78 is 4.05. The van der Waals surface area contributed by atoms with Crippen LogP contribution in [0.1, 0.15) is 11.3 Å². The Kier molecular flexibility index (Phi) is 3.93. The van der Waals surface area contributed by atoms with Crippen molar-refractivity contribution in [1.29, 1.82) is 5.26 Å². The molecule has 0 aliphatic carbocycles. The maximum Gasteiger partial charge on any atom is 0.128 e. The molecule has 0 bridgehead atoms. The van der Waals surface area contributed by atoms with Gasteiger partial charge in [0.25, 0.3) is 0 Å². The van der Waals surface area contributed by atoms with Crippen molar-refractivity contribution >= 4 is 16.5 Å². The number of nitriles is 1. The second-order valence-electron chi connectivity index (χ2n) is 2.45. The van der Waals surface area contributed by atoms with Gasteiger partial charge >= 0.3 is 0 Å². The molecule has 1 aromatic heterocycles. The number of anilines is 1. The van der Waals surface area contributed by atoms with Crippen molar-refractivity contribution in [3.8, 4) is 17.9 Å². The SMILES string of the molecule is Cc1nsc(NCC#CCO)c1C#N. The number of hydrogen-bond acceptors (Lipinski definition) is 5. The van der Waals surface area contributed by atoms with Crippen LogP contribution in [0.4, 0.5) is 5.00 Å². The highest BCUT2D eigenvalue weighted by Gasteiger charge is 2.07. The fourth-order valence-electron chi connectivity index (χ4n) is 0.865. The Bertz CT molecular complexity index is 408. The van der Waals surface area contributed by atoms with Gasteiger partial charge in [0.2, 0.25) is 0 Å². The molecule has 0 aliphatic heterocycles. The van der Waals surface area contributed by atoms with Crippen molar-refractivity contribution in [2.45, 2.75) is 6.92 Å². The Labute approximate surface area is 86.4 Å². The molecular formula is C9H9N3OS. The minimum Gasteiger partial charge on any atom is -0.384 e. The first-order valence-corrected chi connectivity index (χ1v) is 4.73. The Balaban J connectivity index is 2.64. The van der Waals surface area contributed by atoms with Crippen LogP contribution >= 0.6 is 11.5 Å². The summed E-state index contributed by atoms with van der Waals surface area (Å²) >= 11 is 1.24. The average Bonchev–Trinajstić information content (AvgIpc) is 2.54. The molecule has 72 valence electrons. The van der Waals surface area contributed by atoms with Gasteiger partial charge in [0.1, 0.15) is 23.2 Å². The minimum absolute atomic E-state index is 0.144. The lowest BCUT2D eigenvalue weighted by Gasteiger charge is -1.96. The summed E-state index contributed by atoms with van der Waals surface area (Å²) in [7, 11) is 0. The zero-order valence-corrected chi connectivity index (χ0v) is 8.48. The van der Waals surface area contributed by atoms with Crippen LogP contribution in [0.2, 0.25) is 0 Å². The minimum atomic E-state index is -0.144. The smallest absolute Gasteiger partial charge is 0.128 e. The van der Waals surface area contributed by atoms with Gasteiger partial charge in [-0.1, -0.05) is 11.8 Å². The van der Waals surface area contributed by atoms with E-state index in [2.05, 4.69) is 27.6 Å². The van der Waals surface area contributed by atoms with Gasteiger partial charge in [-0.25, -0.2) is 0 Å². The van der Waals surface area contributed by atoms with Gasteiger partial charge in [0.15, 0.2) is 0 Å². The highest BCUT2D eigenvalue weighted by molar-refractivity contribution is 7.10. The van der Waals surface area contributed by atoms with Gasteiger partial charge in [0, 0.05) is 0 Å². The van der Waals surface area contributed by atoms with E-state index in [1.54, 1.807) is 6.92 Å². The Morgan fingerprint density at radius 2 is 2.36 bits per heavy atom. The largest absolute Gasteiger partial charge is 0.384 e. The predicted octanol–water partition coefficient (Wildman–Crippen LogP) is 0.731. The third-order valence-electron chi connectivity index (χ3n) is 1.52. The van der Waals surface area contributed by atoms with E-state index in [-0.39, 0.29) is 6.61 Å². The van der Waals surface area contributed by atoms with Crippen molar-refractivity contribution < 1.29 is 5.11 Å². The maximum atomic E-state index is 8.79. The topological polar surface area (TPSA) is 68.9 Å². The quantitative estimate of drug-likeness (QED) is 0.701. The van der Waals surface area contributed by atoms with E-state index in [1.165, 1.54) is 11.5 Å². The van der Waals surface area contributed by atoms with E-state index in [0.29, 0.717) is 12.1 Å². The monoisotopic (exact) mass is 207 g/mol. The van der Waals surface area contributed by atoms with Crippen molar-refractivity contribution in [2.75, 3.05) is 18.5 Å². The fourth-order valence-corrected chi connectivity index (χ4v) is 1.61. The number of rotatable bonds is 2. The molecule has 2 N–H and O–H groups in total. The normalized spacial score (nSPS) is 8.64. The van der Waals surface area contributed by atoms with Crippen LogP contribution in [0.25, 0.3) is 0 Å². The molecular weight excluding hydrogens is 198 g/mol. The van der Waals surface area contributed by atoms with Crippen LogP contribution < -0.4 is 5.32 Å². The Morgan fingerprint density at radius 1 is 1.57 bits per heavy atom. The zero-order chi connectivity index (χ0) is 10.4. The summed E-state index contributed by atoms with van der Waals surface area (Å²) in [6.07, 6.45) is 0. The van der Waals surface area contributed by atoms with Crippen LogP contribution in [-0.4, -0.2) is 22.6 Å². The van der Waals surface area contributed by atoms with Crippen LogP contribution in [0.5, 0.6) is 0 Å². The van der Waals surface area contributed by atoms with Crippen molar-refractivity contribution in [3.63, 3.8) is 0 Å². The molecule has 0 fully saturated rings. The Hall–Kier alpha value is -1.56. The highest BCUT2D eigenvalue weighted by atomic mass is 32.1. The highest BCUT2D eigenvalue weighted by Crippen LogP contribution is 2.22. The molecule has 0 unspecified atom stereocenters. The van der Waals surface area contributed by atoms with Crippen LogP contribution in [-0.2, 0) is 0 Å². The van der Waals surface area contributed by atoms with Gasteiger partial charge in [-0.2, -0.15) is 9.64 Å². The summed E-state index contributed by atoms with van der Waals surface area (Å²) in [5.74, 6) is 5.21. The molecule has 0 spiro atoms. The third-order valence-corrected chi connectivity index (χ3v) is 2.41. The van der Waals surface area contributed by atoms with E-state index >= 15 is 0 Å². The molecule has 1 aromatic rings. The summed E-state index contributed by atoms with van der Waals surface area (Å²) in [4.78, 5) is 0. The molecule has 1 rings (SSSR count). The standard InChI is InChI=1S/C9H9N3OS/c1-7-8(6-10)9(14-12-7)11-4-2-3-5-13/h11,13H,4-5H2,1H3. The molecule has 0 aliphatic rings. The number of hydrogen-bond donors (Lipinski definition) is 2. The van der Waals surface area contributed by atoms with Gasteiger partial charge in [0.05, 0.1) is 12.2 Å². The number of aliphatic hydroxyl groups excluding tert-OH is 1. The van der Waals surface area contributed by atoms with E-state index in [0.717, 1.165) is 10.7 Å². The van der Waals surface area contributed by atoms with Crippen molar-refractivity contribution in [1.82, 2.24) is 4.37 Å². The molecule has 0 radical (unpaired) electrons. The van der Waals surface area contributed by atoms with Crippen LogP contribution in [0, 0.1) is 30.1 Å². The lowest BCUT2D eigenvalue weighted by atomic mass is 10.3. The van der Waals surface area contributed by atoms with Crippen molar-refractivity contribution in [2.24, 2.45) is 0 Å². The first-order valence-electron chi connectivity index (χ1n) is 3.96. The number of nitrogens with one attached hydrogen (secondary N) is 1. The van der Waals surface area contributed by atoms with Gasteiger partial charge in [-0.15, -0.1) is 0 Å². The second kappa shape index (κ2) is 5.23. The van der Waals surface area contributed by atoms with Crippen molar-refractivity contribution in [3.05, 3.63) is 11.3 Å². The Morgan fingerprint density at radius 3 is 3.00 bits per heavy atom. The molecule has 0 saturated heterocycles. The van der Waals surface area contributed by atoms with E-state index in [4.69, 9.17) is 10.4 Å². The summed E-state index contributed by atoms with van der Waals surface area (Å²) in [5.41, 5.74) is 1.30. The summed E-state index contributed by atoms with van der Waals surface area (Å²) in [5, 5.41) is 20.9. The molecule has 4 nitrogen and oxygen atoms in total. The number of aryl methyl sites for hydroxylation is 1. The number of aliphatic hydroxyl groups is 1. The number of aromatic nitrogens is 1. The number of nitrogens with zero attached hydrogens (tertiary/aromatic N) is 2. The average molecular weight is 207 g/mol. The van der Waals surface area contributed by atoms with Gasteiger partial charge < -0.3 is 10.4 Å². The van der Waals surface area contributed by atoms with Gasteiger partial charge in [-0.05, 0) is 18.5 Å². The zero-order valence-electron chi connectivity index (χ0n) is 7.66. The molecule has 5 heteroatoms. The molecule has 1 heterocycles. The maximum absolute atomic E-state index is 8.79. The predicted molar refractivity (Wildman–Crippen MR) is 54.9 cm³/mol. The lowest BCUT2D eigenvalue weighted by molar-refractivity contribution is 0.350. The first kappa shape index (κ1) is 10.5. The van der Waals surface area contributed by atoms with Crippen LogP contribution in [0.15, 0.2) is 0 Å². The molecule has 0 saturated carbocycles.